The van der Waals surface area contributed by atoms with Crippen LogP contribution in [0.5, 0.6) is 5.75 Å². The minimum atomic E-state index is -0.148. The molecule has 1 fully saturated rings. The third-order valence-electron chi connectivity index (χ3n) is 4.95. The predicted octanol–water partition coefficient (Wildman–Crippen LogP) is 2.72. The lowest BCUT2D eigenvalue weighted by Crippen LogP contribution is -2.48. The van der Waals surface area contributed by atoms with E-state index in [1.165, 1.54) is 18.3 Å². The molecule has 1 aliphatic rings. The Kier molecular flexibility index (Phi) is 6.28. The molecule has 2 aromatic heterocycles. The first-order valence-corrected chi connectivity index (χ1v) is 10.7. The lowest BCUT2D eigenvalue weighted by molar-refractivity contribution is -0.114. The van der Waals surface area contributed by atoms with Gasteiger partial charge in [0.05, 0.1) is 23.5 Å². The summed E-state index contributed by atoms with van der Waals surface area (Å²) in [5, 5.41) is 7.45. The zero-order valence-electron chi connectivity index (χ0n) is 17.3. The molecule has 0 saturated carbocycles. The molecule has 1 aromatic carbocycles. The van der Waals surface area contributed by atoms with Crippen molar-refractivity contribution in [1.82, 2.24) is 19.9 Å². The number of anilines is 1. The number of rotatable bonds is 6. The van der Waals surface area contributed by atoms with Gasteiger partial charge >= 0.3 is 0 Å². The van der Waals surface area contributed by atoms with E-state index in [-0.39, 0.29) is 11.8 Å². The van der Waals surface area contributed by atoms with E-state index in [4.69, 9.17) is 9.26 Å². The average molecular weight is 442 g/mol. The summed E-state index contributed by atoms with van der Waals surface area (Å²) in [6.07, 6.45) is 0. The second kappa shape index (κ2) is 9.27. The van der Waals surface area contributed by atoms with E-state index >= 15 is 0 Å². The number of amides is 2. The van der Waals surface area contributed by atoms with Crippen molar-refractivity contribution in [1.29, 1.82) is 0 Å². The van der Waals surface area contributed by atoms with Crippen molar-refractivity contribution < 1.29 is 18.8 Å². The van der Waals surface area contributed by atoms with Gasteiger partial charge in [0.2, 0.25) is 17.6 Å². The minimum Gasteiger partial charge on any atom is -0.497 e. The van der Waals surface area contributed by atoms with E-state index in [1.807, 2.05) is 29.2 Å². The fraction of sp³-hybridized carbons (Fsp3) is 0.333. The summed E-state index contributed by atoms with van der Waals surface area (Å²) < 4.78 is 10.6. The minimum absolute atomic E-state index is 0.0131. The van der Waals surface area contributed by atoms with Crippen LogP contribution in [0.25, 0.3) is 11.4 Å². The lowest BCUT2D eigenvalue weighted by Gasteiger charge is -2.33. The van der Waals surface area contributed by atoms with Crippen LogP contribution >= 0.6 is 11.3 Å². The summed E-state index contributed by atoms with van der Waals surface area (Å²) in [6, 6.07) is 11.0. The highest BCUT2D eigenvalue weighted by Gasteiger charge is 2.24. The zero-order valence-corrected chi connectivity index (χ0v) is 18.1. The van der Waals surface area contributed by atoms with Crippen molar-refractivity contribution >= 4 is 28.2 Å². The molecule has 4 rings (SSSR count). The molecule has 1 saturated heterocycles. The van der Waals surface area contributed by atoms with Crippen LogP contribution in [0, 0.1) is 0 Å². The second-order valence-electron chi connectivity index (χ2n) is 7.15. The van der Waals surface area contributed by atoms with Crippen molar-refractivity contribution in [3.63, 3.8) is 0 Å². The summed E-state index contributed by atoms with van der Waals surface area (Å²) in [7, 11) is 1.62. The maximum atomic E-state index is 12.7. The van der Waals surface area contributed by atoms with Crippen molar-refractivity contribution in [3.8, 4) is 17.1 Å². The molecular formula is C21H23N5O4S. The van der Waals surface area contributed by atoms with Gasteiger partial charge < -0.3 is 19.5 Å². The highest BCUT2D eigenvalue weighted by Crippen LogP contribution is 2.24. The van der Waals surface area contributed by atoms with Crippen LogP contribution in [0.15, 0.2) is 40.9 Å². The maximum Gasteiger partial charge on any atom is 0.264 e. The van der Waals surface area contributed by atoms with Gasteiger partial charge in [0.25, 0.3) is 5.91 Å². The molecule has 10 heteroatoms. The van der Waals surface area contributed by atoms with Crippen molar-refractivity contribution in [2.45, 2.75) is 13.5 Å². The molecule has 3 heterocycles. The van der Waals surface area contributed by atoms with Gasteiger partial charge in [-0.1, -0.05) is 5.16 Å². The molecule has 0 atom stereocenters. The monoisotopic (exact) mass is 441 g/mol. The summed E-state index contributed by atoms with van der Waals surface area (Å²) >= 11 is 1.29. The Labute approximate surface area is 183 Å². The predicted molar refractivity (Wildman–Crippen MR) is 116 cm³/mol. The molecule has 0 radical (unpaired) electrons. The number of ether oxygens (including phenoxy) is 1. The number of aromatic nitrogens is 2. The molecule has 0 spiro atoms. The maximum absolute atomic E-state index is 12.7. The van der Waals surface area contributed by atoms with Gasteiger partial charge in [0, 0.05) is 38.7 Å². The third-order valence-corrected chi connectivity index (χ3v) is 5.94. The van der Waals surface area contributed by atoms with Gasteiger partial charge in [-0.2, -0.15) is 4.98 Å². The molecule has 2 amide bonds. The van der Waals surface area contributed by atoms with Crippen molar-refractivity contribution in [3.05, 3.63) is 47.2 Å². The lowest BCUT2D eigenvalue weighted by atomic mass is 10.2. The SMILES string of the molecule is COc1ccc(-c2noc(CN3CCN(C(=O)c4ccc(NC(C)=O)s4)CC3)n2)cc1. The fourth-order valence-corrected chi connectivity index (χ4v) is 4.25. The topological polar surface area (TPSA) is 101 Å². The highest BCUT2D eigenvalue weighted by atomic mass is 32.1. The van der Waals surface area contributed by atoms with E-state index in [0.717, 1.165) is 24.4 Å². The van der Waals surface area contributed by atoms with E-state index in [1.54, 1.807) is 19.2 Å². The van der Waals surface area contributed by atoms with Gasteiger partial charge in [0.1, 0.15) is 5.75 Å². The van der Waals surface area contributed by atoms with Gasteiger partial charge in [-0.3, -0.25) is 14.5 Å². The Hall–Kier alpha value is -3.24. The second-order valence-corrected chi connectivity index (χ2v) is 8.24. The molecule has 162 valence electrons. The Morgan fingerprint density at radius 2 is 1.87 bits per heavy atom. The summed E-state index contributed by atoms with van der Waals surface area (Å²) in [4.78, 5) is 33.0. The highest BCUT2D eigenvalue weighted by molar-refractivity contribution is 7.18. The van der Waals surface area contributed by atoms with Gasteiger partial charge in [-0.25, -0.2) is 0 Å². The van der Waals surface area contributed by atoms with E-state index in [0.29, 0.717) is 41.2 Å². The number of carbonyl (C=O) groups excluding carboxylic acids is 2. The smallest absolute Gasteiger partial charge is 0.264 e. The number of benzene rings is 1. The number of hydrogen-bond acceptors (Lipinski definition) is 8. The average Bonchev–Trinajstić information content (AvgIpc) is 3.43. The quantitative estimate of drug-likeness (QED) is 0.628. The van der Waals surface area contributed by atoms with Crippen LogP contribution in [0.3, 0.4) is 0 Å². The largest absolute Gasteiger partial charge is 0.497 e. The molecule has 0 bridgehead atoms. The van der Waals surface area contributed by atoms with Crippen LogP contribution in [0.2, 0.25) is 0 Å². The molecule has 0 unspecified atom stereocenters. The number of hydrogen-bond donors (Lipinski definition) is 1. The summed E-state index contributed by atoms with van der Waals surface area (Å²) in [5.74, 6) is 1.70. The van der Waals surface area contributed by atoms with Crippen LogP contribution in [0.1, 0.15) is 22.5 Å². The number of nitrogens with zero attached hydrogens (tertiary/aromatic N) is 4. The van der Waals surface area contributed by atoms with Crippen LogP contribution in [0.4, 0.5) is 5.00 Å². The first-order valence-electron chi connectivity index (χ1n) is 9.88. The molecule has 31 heavy (non-hydrogen) atoms. The molecule has 9 nitrogen and oxygen atoms in total. The molecule has 1 aliphatic heterocycles. The molecule has 1 N–H and O–H groups in total. The van der Waals surface area contributed by atoms with Crippen LogP contribution in [-0.4, -0.2) is 65.0 Å². The molecule has 0 aliphatic carbocycles. The summed E-state index contributed by atoms with van der Waals surface area (Å²) in [6.45, 7) is 4.66. The Balaban J connectivity index is 1.30. The first kappa shape index (κ1) is 21.0. The van der Waals surface area contributed by atoms with E-state index in [2.05, 4.69) is 20.4 Å². The Morgan fingerprint density at radius 1 is 1.13 bits per heavy atom. The number of carbonyl (C=O) groups is 2. The van der Waals surface area contributed by atoms with Gasteiger partial charge in [-0.05, 0) is 36.4 Å². The van der Waals surface area contributed by atoms with Crippen molar-refractivity contribution in [2.24, 2.45) is 0 Å². The molecular weight excluding hydrogens is 418 g/mol. The van der Waals surface area contributed by atoms with Crippen LogP contribution < -0.4 is 10.1 Å². The van der Waals surface area contributed by atoms with E-state index < -0.39 is 0 Å². The first-order chi connectivity index (χ1) is 15.0. The number of piperazine rings is 1. The van der Waals surface area contributed by atoms with Gasteiger partial charge in [-0.15, -0.1) is 11.3 Å². The Morgan fingerprint density at radius 3 is 2.55 bits per heavy atom. The number of methoxy groups -OCH3 is 1. The third kappa shape index (κ3) is 5.09. The van der Waals surface area contributed by atoms with E-state index in [9.17, 15) is 9.59 Å². The molecule has 3 aromatic rings. The normalized spacial score (nSPS) is 14.5. The summed E-state index contributed by atoms with van der Waals surface area (Å²) in [5.41, 5.74) is 0.862. The number of thiophene rings is 1. The van der Waals surface area contributed by atoms with Crippen LogP contribution in [-0.2, 0) is 11.3 Å². The van der Waals surface area contributed by atoms with Gasteiger partial charge in [0.15, 0.2) is 0 Å². The standard InChI is InChI=1S/C21H23N5O4S/c1-14(27)22-19-8-7-17(31-19)21(28)26-11-9-25(10-12-26)13-18-23-20(24-30-18)15-3-5-16(29-2)6-4-15/h3-8H,9-13H2,1-2H3,(H,22,27). The Bertz CT molecular complexity index is 1050. The fourth-order valence-electron chi connectivity index (χ4n) is 3.33. The zero-order chi connectivity index (χ0) is 21.8. The number of nitrogens with one attached hydrogen (secondary N) is 1. The van der Waals surface area contributed by atoms with Crippen molar-refractivity contribution in [2.75, 3.05) is 38.6 Å².